The molecule has 0 aromatic heterocycles. The van der Waals surface area contributed by atoms with E-state index >= 15 is 0 Å². The first kappa shape index (κ1) is 19.1. The maximum Gasteiger partial charge on any atom is 0.267 e. The molecule has 1 N–H and O–H groups in total. The first-order valence-electron chi connectivity index (χ1n) is 8.72. The molecule has 0 spiro atoms. The number of nitrogens with one attached hydrogen (secondary N) is 1. The summed E-state index contributed by atoms with van der Waals surface area (Å²) in [6, 6.07) is 10.8. The van der Waals surface area contributed by atoms with Crippen LogP contribution in [-0.4, -0.2) is 30.6 Å². The molecule has 0 saturated carbocycles. The Kier molecular flexibility index (Phi) is 5.06. The van der Waals surface area contributed by atoms with E-state index in [2.05, 4.69) is 5.32 Å². The largest absolute Gasteiger partial charge is 0.324 e. The standard InChI is InChI=1S/C20H22N2O4S/c1-13-5-8-16(9-6-13)27(25,26)22-18(10-11-19(22)23)20(24)21-17-12-14(2)4-7-15(17)3/h4-9,12,18H,10-11H2,1-3H3,(H,21,24)/t18-/m1/s1. The molecule has 1 aliphatic rings. The van der Waals surface area contributed by atoms with Crippen molar-refractivity contribution in [3.05, 3.63) is 59.2 Å². The molecule has 0 unspecified atom stereocenters. The average Bonchev–Trinajstić information content (AvgIpc) is 3.01. The number of amides is 2. The number of hydrogen-bond acceptors (Lipinski definition) is 4. The van der Waals surface area contributed by atoms with Crippen molar-refractivity contribution in [2.45, 2.75) is 44.6 Å². The number of carbonyl (C=O) groups excluding carboxylic acids is 2. The van der Waals surface area contributed by atoms with Crippen molar-refractivity contribution in [2.24, 2.45) is 0 Å². The number of benzene rings is 2. The fraction of sp³-hybridized carbons (Fsp3) is 0.300. The number of carbonyl (C=O) groups is 2. The van der Waals surface area contributed by atoms with E-state index in [0.717, 1.165) is 21.0 Å². The summed E-state index contributed by atoms with van der Waals surface area (Å²) < 4.78 is 26.7. The number of aryl methyl sites for hydroxylation is 3. The van der Waals surface area contributed by atoms with Crippen molar-refractivity contribution in [3.8, 4) is 0 Å². The molecule has 1 saturated heterocycles. The number of nitrogens with zero attached hydrogens (tertiary/aromatic N) is 1. The lowest BCUT2D eigenvalue weighted by atomic mass is 10.1. The smallest absolute Gasteiger partial charge is 0.267 e. The van der Waals surface area contributed by atoms with Crippen LogP contribution in [0.25, 0.3) is 0 Å². The van der Waals surface area contributed by atoms with E-state index in [1.807, 2.05) is 39.0 Å². The van der Waals surface area contributed by atoms with Crippen LogP contribution in [0.5, 0.6) is 0 Å². The lowest BCUT2D eigenvalue weighted by Gasteiger charge is -2.24. The van der Waals surface area contributed by atoms with E-state index in [1.165, 1.54) is 12.1 Å². The van der Waals surface area contributed by atoms with Crippen LogP contribution in [0.3, 0.4) is 0 Å². The van der Waals surface area contributed by atoms with Gasteiger partial charge >= 0.3 is 0 Å². The second-order valence-electron chi connectivity index (χ2n) is 6.87. The maximum atomic E-state index is 13.0. The lowest BCUT2D eigenvalue weighted by Crippen LogP contribution is -2.45. The quantitative estimate of drug-likeness (QED) is 0.876. The maximum absolute atomic E-state index is 13.0. The van der Waals surface area contributed by atoms with Crippen LogP contribution in [0, 0.1) is 20.8 Å². The third kappa shape index (κ3) is 3.73. The third-order valence-electron chi connectivity index (χ3n) is 4.69. The molecule has 1 atom stereocenters. The van der Waals surface area contributed by atoms with E-state index in [9.17, 15) is 18.0 Å². The SMILES string of the molecule is Cc1ccc(S(=O)(=O)N2C(=O)CC[C@@H]2C(=O)Nc2cc(C)ccc2C)cc1. The highest BCUT2D eigenvalue weighted by Gasteiger charge is 2.44. The van der Waals surface area contributed by atoms with Crippen molar-refractivity contribution < 1.29 is 18.0 Å². The molecule has 0 radical (unpaired) electrons. The monoisotopic (exact) mass is 386 g/mol. The van der Waals surface area contributed by atoms with Crippen molar-refractivity contribution >= 4 is 27.5 Å². The van der Waals surface area contributed by atoms with Crippen LogP contribution >= 0.6 is 0 Å². The topological polar surface area (TPSA) is 83.6 Å². The van der Waals surface area contributed by atoms with Crippen LogP contribution < -0.4 is 5.32 Å². The van der Waals surface area contributed by atoms with Gasteiger partial charge in [0.1, 0.15) is 6.04 Å². The molecule has 6 nitrogen and oxygen atoms in total. The molecule has 2 aromatic rings. The van der Waals surface area contributed by atoms with Crippen LogP contribution in [0.1, 0.15) is 29.5 Å². The predicted molar refractivity (Wildman–Crippen MR) is 103 cm³/mol. The molecule has 0 aliphatic carbocycles. The van der Waals surface area contributed by atoms with Crippen molar-refractivity contribution in [1.29, 1.82) is 0 Å². The molecule has 142 valence electrons. The zero-order valence-electron chi connectivity index (χ0n) is 15.5. The van der Waals surface area contributed by atoms with E-state index in [1.54, 1.807) is 12.1 Å². The summed E-state index contributed by atoms with van der Waals surface area (Å²) in [5.74, 6) is -1.05. The highest BCUT2D eigenvalue weighted by atomic mass is 32.2. The zero-order chi connectivity index (χ0) is 19.8. The summed E-state index contributed by atoms with van der Waals surface area (Å²) in [5.41, 5.74) is 3.37. The first-order valence-corrected chi connectivity index (χ1v) is 10.2. The predicted octanol–water partition coefficient (Wildman–Crippen LogP) is 2.93. The second-order valence-corrected chi connectivity index (χ2v) is 8.68. The Labute approximate surface area is 159 Å². The Morgan fingerprint density at radius 1 is 1.04 bits per heavy atom. The molecule has 2 aromatic carbocycles. The minimum Gasteiger partial charge on any atom is -0.324 e. The van der Waals surface area contributed by atoms with Gasteiger partial charge in [0, 0.05) is 12.1 Å². The lowest BCUT2D eigenvalue weighted by molar-refractivity contribution is -0.128. The summed E-state index contributed by atoms with van der Waals surface area (Å²) in [7, 11) is -4.09. The molecule has 3 rings (SSSR count). The van der Waals surface area contributed by atoms with Crippen LogP contribution in [-0.2, 0) is 19.6 Å². The van der Waals surface area contributed by atoms with Crippen LogP contribution in [0.15, 0.2) is 47.4 Å². The molecular formula is C20H22N2O4S. The van der Waals surface area contributed by atoms with Crippen LogP contribution in [0.2, 0.25) is 0 Å². The van der Waals surface area contributed by atoms with E-state index in [-0.39, 0.29) is 17.7 Å². The van der Waals surface area contributed by atoms with Gasteiger partial charge in [0.25, 0.3) is 10.0 Å². The van der Waals surface area contributed by atoms with Gasteiger partial charge in [0.15, 0.2) is 0 Å². The molecule has 1 fully saturated rings. The Bertz CT molecular complexity index is 997. The van der Waals surface area contributed by atoms with Gasteiger partial charge in [-0.3, -0.25) is 9.59 Å². The number of rotatable bonds is 4. The number of anilines is 1. The Balaban J connectivity index is 1.90. The summed E-state index contributed by atoms with van der Waals surface area (Å²) >= 11 is 0. The highest BCUT2D eigenvalue weighted by molar-refractivity contribution is 7.89. The summed E-state index contributed by atoms with van der Waals surface area (Å²) in [6.07, 6.45) is 0.191. The third-order valence-corrected chi connectivity index (χ3v) is 6.54. The fourth-order valence-electron chi connectivity index (χ4n) is 3.11. The Hall–Kier alpha value is -2.67. The molecule has 2 amide bonds. The van der Waals surface area contributed by atoms with Gasteiger partial charge in [-0.25, -0.2) is 12.7 Å². The summed E-state index contributed by atoms with van der Waals surface area (Å²) in [4.78, 5) is 25.1. The average molecular weight is 386 g/mol. The zero-order valence-corrected chi connectivity index (χ0v) is 16.3. The molecular weight excluding hydrogens is 364 g/mol. The van der Waals surface area contributed by atoms with Gasteiger partial charge in [-0.2, -0.15) is 0 Å². The van der Waals surface area contributed by atoms with Crippen LogP contribution in [0.4, 0.5) is 5.69 Å². The Morgan fingerprint density at radius 3 is 2.33 bits per heavy atom. The van der Waals surface area contributed by atoms with Crippen molar-refractivity contribution in [2.75, 3.05) is 5.32 Å². The summed E-state index contributed by atoms with van der Waals surface area (Å²) in [6.45, 7) is 5.61. The number of sulfonamides is 1. The van der Waals surface area contributed by atoms with Crippen molar-refractivity contribution in [3.63, 3.8) is 0 Å². The fourth-order valence-corrected chi connectivity index (χ4v) is 4.71. The Morgan fingerprint density at radius 2 is 1.67 bits per heavy atom. The highest BCUT2D eigenvalue weighted by Crippen LogP contribution is 2.29. The minimum absolute atomic E-state index is 0.00730. The van der Waals surface area contributed by atoms with Gasteiger partial charge in [-0.15, -0.1) is 0 Å². The minimum atomic E-state index is -4.09. The van der Waals surface area contributed by atoms with Gasteiger partial charge in [-0.05, 0) is 56.5 Å². The summed E-state index contributed by atoms with van der Waals surface area (Å²) in [5, 5.41) is 2.78. The molecule has 7 heteroatoms. The molecule has 27 heavy (non-hydrogen) atoms. The van der Waals surface area contributed by atoms with Gasteiger partial charge in [0.2, 0.25) is 11.8 Å². The van der Waals surface area contributed by atoms with Gasteiger partial charge in [-0.1, -0.05) is 29.8 Å². The molecule has 0 bridgehead atoms. The van der Waals surface area contributed by atoms with E-state index in [0.29, 0.717) is 5.69 Å². The van der Waals surface area contributed by atoms with Gasteiger partial charge in [0.05, 0.1) is 4.90 Å². The molecule has 1 aliphatic heterocycles. The van der Waals surface area contributed by atoms with E-state index < -0.39 is 27.9 Å². The van der Waals surface area contributed by atoms with Gasteiger partial charge < -0.3 is 5.32 Å². The normalized spacial score (nSPS) is 17.2. The molecule has 1 heterocycles. The van der Waals surface area contributed by atoms with E-state index in [4.69, 9.17) is 0 Å². The number of hydrogen-bond donors (Lipinski definition) is 1. The first-order chi connectivity index (χ1) is 12.7. The van der Waals surface area contributed by atoms with Crippen molar-refractivity contribution in [1.82, 2.24) is 4.31 Å². The second kappa shape index (κ2) is 7.15.